The molecular weight excluding hydrogens is 286 g/mol. The van der Waals surface area contributed by atoms with E-state index in [1.165, 1.54) is 0 Å². The van der Waals surface area contributed by atoms with Crippen LogP contribution in [0.3, 0.4) is 0 Å². The highest BCUT2D eigenvalue weighted by Crippen LogP contribution is 2.39. The quantitative estimate of drug-likeness (QED) is 0.638. The first kappa shape index (κ1) is 12.3. The molecule has 0 amide bonds. The molecule has 0 saturated carbocycles. The number of benzene rings is 1. The zero-order chi connectivity index (χ0) is 13.1. The summed E-state index contributed by atoms with van der Waals surface area (Å²) in [4.78, 5) is 6.27. The Hall–Kier alpha value is -1.72. The molecule has 1 aromatic carbocycles. The Balaban J connectivity index is 1.63. The van der Waals surface area contributed by atoms with E-state index in [4.69, 9.17) is 25.9 Å². The first-order chi connectivity index (χ1) is 9.33. The highest BCUT2D eigenvalue weighted by molar-refractivity contribution is 7.11. The van der Waals surface area contributed by atoms with E-state index in [2.05, 4.69) is 5.16 Å². The molecule has 98 valence electrons. The van der Waals surface area contributed by atoms with Crippen molar-refractivity contribution >= 4 is 29.2 Å². The molecule has 0 fully saturated rings. The van der Waals surface area contributed by atoms with E-state index < -0.39 is 0 Å². The maximum atomic E-state index is 6.07. The van der Waals surface area contributed by atoms with Gasteiger partial charge in [-0.25, -0.2) is 0 Å². The van der Waals surface area contributed by atoms with E-state index in [1.807, 2.05) is 23.6 Å². The van der Waals surface area contributed by atoms with E-state index in [0.29, 0.717) is 23.1 Å². The molecule has 1 aliphatic rings. The fourth-order valence-corrected chi connectivity index (χ4v) is 2.53. The molecule has 1 aliphatic heterocycles. The number of nitrogens with zero attached hydrogens (tertiary/aromatic N) is 1. The van der Waals surface area contributed by atoms with Crippen molar-refractivity contribution in [3.8, 4) is 11.5 Å². The molecule has 0 bridgehead atoms. The second-order valence-corrected chi connectivity index (χ2v) is 5.22. The topological polar surface area (TPSA) is 40.0 Å². The predicted octanol–water partition coefficient (Wildman–Crippen LogP) is 3.68. The van der Waals surface area contributed by atoms with Gasteiger partial charge in [0.1, 0.15) is 6.61 Å². The summed E-state index contributed by atoms with van der Waals surface area (Å²) >= 11 is 7.67. The summed E-state index contributed by atoms with van der Waals surface area (Å²) in [7, 11) is 0. The molecule has 0 atom stereocenters. The van der Waals surface area contributed by atoms with Crippen molar-refractivity contribution in [1.82, 2.24) is 0 Å². The molecule has 2 heterocycles. The van der Waals surface area contributed by atoms with Crippen LogP contribution < -0.4 is 9.47 Å². The van der Waals surface area contributed by atoms with Gasteiger partial charge in [0.25, 0.3) is 0 Å². The minimum atomic E-state index is 0.204. The van der Waals surface area contributed by atoms with Crippen LogP contribution in [0.1, 0.15) is 10.4 Å². The number of rotatable bonds is 4. The van der Waals surface area contributed by atoms with E-state index in [-0.39, 0.29) is 6.79 Å². The number of ether oxygens (including phenoxy) is 2. The van der Waals surface area contributed by atoms with Gasteiger partial charge in [0, 0.05) is 4.88 Å². The first-order valence-corrected chi connectivity index (χ1v) is 6.85. The molecule has 2 aromatic rings. The number of thiophene rings is 1. The second-order valence-electron chi connectivity index (χ2n) is 3.83. The van der Waals surface area contributed by atoms with E-state index in [9.17, 15) is 0 Å². The van der Waals surface area contributed by atoms with Gasteiger partial charge in [-0.3, -0.25) is 0 Å². The van der Waals surface area contributed by atoms with E-state index in [1.54, 1.807) is 23.6 Å². The molecule has 0 aliphatic carbocycles. The van der Waals surface area contributed by atoms with Gasteiger partial charge in [-0.1, -0.05) is 22.8 Å². The molecule has 1 aromatic heterocycles. The third kappa shape index (κ3) is 2.83. The highest BCUT2D eigenvalue weighted by atomic mass is 35.5. The molecule has 0 spiro atoms. The Kier molecular flexibility index (Phi) is 3.57. The molecule has 0 radical (unpaired) electrons. The van der Waals surface area contributed by atoms with Crippen molar-refractivity contribution in [3.05, 3.63) is 45.1 Å². The van der Waals surface area contributed by atoms with Crippen LogP contribution in [0.15, 0.2) is 34.8 Å². The monoisotopic (exact) mass is 295 g/mol. The van der Waals surface area contributed by atoms with Crippen LogP contribution in [0.2, 0.25) is 5.02 Å². The molecule has 0 N–H and O–H groups in total. The molecule has 19 heavy (non-hydrogen) atoms. The van der Waals surface area contributed by atoms with Crippen LogP contribution in [-0.4, -0.2) is 13.0 Å². The molecule has 3 rings (SSSR count). The van der Waals surface area contributed by atoms with Gasteiger partial charge in [0.2, 0.25) is 6.79 Å². The van der Waals surface area contributed by atoms with Crippen LogP contribution in [0.5, 0.6) is 11.5 Å². The Morgan fingerprint density at radius 3 is 3.21 bits per heavy atom. The maximum absolute atomic E-state index is 6.07. The van der Waals surface area contributed by atoms with E-state index >= 15 is 0 Å². The van der Waals surface area contributed by atoms with E-state index in [0.717, 1.165) is 10.4 Å². The van der Waals surface area contributed by atoms with Gasteiger partial charge < -0.3 is 14.3 Å². The van der Waals surface area contributed by atoms with Crippen molar-refractivity contribution in [2.45, 2.75) is 6.61 Å². The Morgan fingerprint density at radius 1 is 1.42 bits per heavy atom. The zero-order valence-corrected chi connectivity index (χ0v) is 11.4. The third-order valence-electron chi connectivity index (χ3n) is 2.52. The lowest BCUT2D eigenvalue weighted by Gasteiger charge is -2.03. The smallest absolute Gasteiger partial charge is 0.231 e. The standard InChI is InChI=1S/C13H10ClNO3S/c14-11-4-9(5-12-13(11)17-8-16-12)7-18-15-6-10-2-1-3-19-10/h1-6H,7-8H2/b15-6+. The van der Waals surface area contributed by atoms with Crippen molar-refractivity contribution in [1.29, 1.82) is 0 Å². The number of hydrogen-bond acceptors (Lipinski definition) is 5. The van der Waals surface area contributed by atoms with Crippen LogP contribution >= 0.6 is 22.9 Å². The van der Waals surface area contributed by atoms with Crippen LogP contribution in [-0.2, 0) is 11.4 Å². The van der Waals surface area contributed by atoms with Crippen LogP contribution in [0.4, 0.5) is 0 Å². The first-order valence-electron chi connectivity index (χ1n) is 5.60. The van der Waals surface area contributed by atoms with Gasteiger partial charge in [-0.15, -0.1) is 11.3 Å². The zero-order valence-electron chi connectivity index (χ0n) is 9.84. The molecule has 0 saturated heterocycles. The normalized spacial score (nSPS) is 13.1. The predicted molar refractivity (Wildman–Crippen MR) is 74.3 cm³/mol. The largest absolute Gasteiger partial charge is 0.454 e. The van der Waals surface area contributed by atoms with Gasteiger partial charge in [-0.2, -0.15) is 0 Å². The Morgan fingerprint density at radius 2 is 2.37 bits per heavy atom. The fourth-order valence-electron chi connectivity index (χ4n) is 1.67. The van der Waals surface area contributed by atoms with Crippen molar-refractivity contribution in [2.75, 3.05) is 6.79 Å². The van der Waals surface area contributed by atoms with Crippen molar-refractivity contribution < 1.29 is 14.3 Å². The minimum Gasteiger partial charge on any atom is -0.454 e. The second kappa shape index (κ2) is 5.50. The van der Waals surface area contributed by atoms with Crippen molar-refractivity contribution in [2.24, 2.45) is 5.16 Å². The minimum absolute atomic E-state index is 0.204. The lowest BCUT2D eigenvalue weighted by atomic mass is 10.2. The summed E-state index contributed by atoms with van der Waals surface area (Å²) in [5.74, 6) is 1.24. The molecular formula is C13H10ClNO3S. The maximum Gasteiger partial charge on any atom is 0.231 e. The average Bonchev–Trinajstić information content (AvgIpc) is 3.05. The average molecular weight is 296 g/mol. The third-order valence-corrected chi connectivity index (χ3v) is 3.60. The molecule has 4 nitrogen and oxygen atoms in total. The summed E-state index contributed by atoms with van der Waals surface area (Å²) < 4.78 is 10.5. The van der Waals surface area contributed by atoms with Gasteiger partial charge >= 0.3 is 0 Å². The van der Waals surface area contributed by atoms with Crippen molar-refractivity contribution in [3.63, 3.8) is 0 Å². The summed E-state index contributed by atoms with van der Waals surface area (Å²) in [6.07, 6.45) is 1.68. The number of oxime groups is 1. The number of halogens is 1. The Bertz CT molecular complexity index is 598. The number of hydrogen-bond donors (Lipinski definition) is 0. The van der Waals surface area contributed by atoms with Gasteiger partial charge in [0.15, 0.2) is 11.5 Å². The summed E-state index contributed by atoms with van der Waals surface area (Å²) in [5.41, 5.74) is 0.887. The lowest BCUT2D eigenvalue weighted by molar-refractivity contribution is 0.132. The summed E-state index contributed by atoms with van der Waals surface area (Å²) in [6, 6.07) is 7.56. The summed E-state index contributed by atoms with van der Waals surface area (Å²) in [5, 5.41) is 6.41. The Labute approximate surface area is 119 Å². The highest BCUT2D eigenvalue weighted by Gasteiger charge is 2.18. The van der Waals surface area contributed by atoms with Gasteiger partial charge in [-0.05, 0) is 29.1 Å². The summed E-state index contributed by atoms with van der Waals surface area (Å²) in [6.45, 7) is 0.536. The number of fused-ring (bicyclic) bond motifs is 1. The van der Waals surface area contributed by atoms with Gasteiger partial charge in [0.05, 0.1) is 11.2 Å². The SMILES string of the molecule is Clc1cc(CO/N=C/c2cccs2)cc2c1OCO2. The van der Waals surface area contributed by atoms with Crippen LogP contribution in [0, 0.1) is 0 Å². The van der Waals surface area contributed by atoms with Crippen LogP contribution in [0.25, 0.3) is 0 Å². The molecule has 6 heteroatoms. The molecule has 0 unspecified atom stereocenters. The lowest BCUT2D eigenvalue weighted by Crippen LogP contribution is -1.93. The fraction of sp³-hybridized carbons (Fsp3) is 0.154.